The van der Waals surface area contributed by atoms with Gasteiger partial charge >= 0.3 is 0 Å². The van der Waals surface area contributed by atoms with Crippen molar-refractivity contribution < 1.29 is 9.13 Å². The first kappa shape index (κ1) is 14.1. The number of ether oxygens (including phenoxy) is 1. The Morgan fingerprint density at radius 2 is 2.21 bits per heavy atom. The first-order chi connectivity index (χ1) is 9.08. The lowest BCUT2D eigenvalue weighted by atomic mass is 10.3. The molecule has 0 aliphatic carbocycles. The summed E-state index contributed by atoms with van der Waals surface area (Å²) >= 11 is 3.23. The SMILES string of the molecule is CCC(C)n1ccc(COc2cc(F)cc(Br)c2)n1. The van der Waals surface area contributed by atoms with Gasteiger partial charge in [-0.3, -0.25) is 4.68 Å². The van der Waals surface area contributed by atoms with Gasteiger partial charge in [0, 0.05) is 22.8 Å². The lowest BCUT2D eigenvalue weighted by molar-refractivity contribution is 0.296. The predicted octanol–water partition coefficient (Wildman–Crippen LogP) is 4.33. The van der Waals surface area contributed by atoms with E-state index in [4.69, 9.17) is 4.74 Å². The van der Waals surface area contributed by atoms with Crippen LogP contribution in [0.5, 0.6) is 5.75 Å². The normalized spacial score (nSPS) is 12.4. The summed E-state index contributed by atoms with van der Waals surface area (Å²) in [5.74, 6) is 0.166. The average molecular weight is 327 g/mol. The summed E-state index contributed by atoms with van der Waals surface area (Å²) in [7, 11) is 0. The molecule has 1 atom stereocenters. The van der Waals surface area contributed by atoms with Crippen molar-refractivity contribution in [1.82, 2.24) is 9.78 Å². The highest BCUT2D eigenvalue weighted by atomic mass is 79.9. The van der Waals surface area contributed by atoms with Crippen LogP contribution in [-0.4, -0.2) is 9.78 Å². The molecule has 2 rings (SSSR count). The first-order valence-electron chi connectivity index (χ1n) is 6.21. The number of nitrogens with zero attached hydrogens (tertiary/aromatic N) is 2. The molecule has 1 heterocycles. The van der Waals surface area contributed by atoms with Crippen molar-refractivity contribution in [2.75, 3.05) is 0 Å². The van der Waals surface area contributed by atoms with E-state index >= 15 is 0 Å². The fourth-order valence-electron chi connectivity index (χ4n) is 1.66. The van der Waals surface area contributed by atoms with E-state index in [-0.39, 0.29) is 5.82 Å². The maximum absolute atomic E-state index is 13.2. The van der Waals surface area contributed by atoms with Crippen LogP contribution in [0.1, 0.15) is 32.0 Å². The Morgan fingerprint density at radius 3 is 2.89 bits per heavy atom. The fraction of sp³-hybridized carbons (Fsp3) is 0.357. The molecular formula is C14H16BrFN2O. The van der Waals surface area contributed by atoms with E-state index in [0.717, 1.165) is 12.1 Å². The van der Waals surface area contributed by atoms with Crippen LogP contribution >= 0.6 is 15.9 Å². The second-order valence-electron chi connectivity index (χ2n) is 4.44. The first-order valence-corrected chi connectivity index (χ1v) is 7.00. The molecule has 0 N–H and O–H groups in total. The third-order valence-corrected chi connectivity index (χ3v) is 3.39. The van der Waals surface area contributed by atoms with Crippen LogP contribution < -0.4 is 4.74 Å². The van der Waals surface area contributed by atoms with Gasteiger partial charge in [0.15, 0.2) is 0 Å². The number of halogens is 2. The molecule has 0 fully saturated rings. The summed E-state index contributed by atoms with van der Waals surface area (Å²) < 4.78 is 21.3. The van der Waals surface area contributed by atoms with Crippen LogP contribution in [0.15, 0.2) is 34.9 Å². The third kappa shape index (κ3) is 3.80. The van der Waals surface area contributed by atoms with Crippen molar-refractivity contribution >= 4 is 15.9 Å². The Bertz CT molecular complexity index is 536. The number of aromatic nitrogens is 2. The minimum atomic E-state index is -0.325. The summed E-state index contributed by atoms with van der Waals surface area (Å²) in [6, 6.07) is 6.77. The zero-order valence-corrected chi connectivity index (χ0v) is 12.5. The van der Waals surface area contributed by atoms with Crippen LogP contribution in [-0.2, 0) is 6.61 Å². The van der Waals surface area contributed by atoms with Crippen LogP contribution in [0.2, 0.25) is 0 Å². The molecule has 0 saturated carbocycles. The van der Waals surface area contributed by atoms with E-state index in [0.29, 0.717) is 22.9 Å². The highest BCUT2D eigenvalue weighted by Crippen LogP contribution is 2.21. The molecule has 3 nitrogen and oxygen atoms in total. The molecule has 0 radical (unpaired) electrons. The molecule has 1 aromatic carbocycles. The summed E-state index contributed by atoms with van der Waals surface area (Å²) in [5.41, 5.74) is 0.834. The van der Waals surface area contributed by atoms with Crippen LogP contribution in [0.3, 0.4) is 0 Å². The van der Waals surface area contributed by atoms with Gasteiger partial charge in [-0.1, -0.05) is 22.9 Å². The Kier molecular flexibility index (Phi) is 4.58. The quantitative estimate of drug-likeness (QED) is 0.817. The minimum absolute atomic E-state index is 0.325. The van der Waals surface area contributed by atoms with E-state index in [2.05, 4.69) is 34.9 Å². The van der Waals surface area contributed by atoms with Gasteiger partial charge in [-0.05, 0) is 31.5 Å². The van der Waals surface area contributed by atoms with Gasteiger partial charge in [-0.15, -0.1) is 0 Å². The van der Waals surface area contributed by atoms with Gasteiger partial charge in [0.2, 0.25) is 0 Å². The van der Waals surface area contributed by atoms with Gasteiger partial charge in [-0.2, -0.15) is 5.10 Å². The number of hydrogen-bond donors (Lipinski definition) is 0. The average Bonchev–Trinajstić information content (AvgIpc) is 2.83. The molecule has 0 spiro atoms. The largest absolute Gasteiger partial charge is 0.487 e. The predicted molar refractivity (Wildman–Crippen MR) is 75.7 cm³/mol. The molecule has 5 heteroatoms. The van der Waals surface area contributed by atoms with E-state index in [1.54, 1.807) is 6.07 Å². The second kappa shape index (κ2) is 6.19. The minimum Gasteiger partial charge on any atom is -0.487 e. The topological polar surface area (TPSA) is 27.1 Å². The van der Waals surface area contributed by atoms with E-state index in [1.807, 2.05) is 16.9 Å². The van der Waals surface area contributed by atoms with E-state index in [1.165, 1.54) is 12.1 Å². The molecule has 1 unspecified atom stereocenters. The highest BCUT2D eigenvalue weighted by molar-refractivity contribution is 9.10. The zero-order chi connectivity index (χ0) is 13.8. The van der Waals surface area contributed by atoms with Crippen molar-refractivity contribution in [3.05, 3.63) is 46.4 Å². The van der Waals surface area contributed by atoms with E-state index in [9.17, 15) is 4.39 Å². The lowest BCUT2D eigenvalue weighted by Crippen LogP contribution is -2.05. The van der Waals surface area contributed by atoms with Gasteiger partial charge in [0.25, 0.3) is 0 Å². The summed E-state index contributed by atoms with van der Waals surface area (Å²) in [4.78, 5) is 0. The fourth-order valence-corrected chi connectivity index (χ4v) is 2.10. The maximum Gasteiger partial charge on any atom is 0.132 e. The molecule has 2 aromatic rings. The molecule has 0 bridgehead atoms. The molecule has 0 saturated heterocycles. The van der Waals surface area contributed by atoms with Gasteiger partial charge < -0.3 is 4.74 Å². The number of rotatable bonds is 5. The monoisotopic (exact) mass is 326 g/mol. The van der Waals surface area contributed by atoms with Crippen LogP contribution in [0, 0.1) is 5.82 Å². The Labute approximate surface area is 120 Å². The maximum atomic E-state index is 13.2. The van der Waals surface area contributed by atoms with Crippen molar-refractivity contribution in [1.29, 1.82) is 0 Å². The molecule has 0 aliphatic rings. The van der Waals surface area contributed by atoms with Gasteiger partial charge in [-0.25, -0.2) is 4.39 Å². The van der Waals surface area contributed by atoms with Crippen molar-refractivity contribution in [2.45, 2.75) is 32.9 Å². The summed E-state index contributed by atoms with van der Waals surface area (Å²) in [6.45, 7) is 4.56. The summed E-state index contributed by atoms with van der Waals surface area (Å²) in [6.07, 6.45) is 2.97. The Morgan fingerprint density at radius 1 is 1.42 bits per heavy atom. The van der Waals surface area contributed by atoms with Crippen molar-refractivity contribution in [3.63, 3.8) is 0 Å². The standard InChI is InChI=1S/C14H16BrFN2O/c1-3-10(2)18-5-4-13(17-18)9-19-14-7-11(15)6-12(16)8-14/h4-8,10H,3,9H2,1-2H3. The van der Waals surface area contributed by atoms with Crippen molar-refractivity contribution in [2.24, 2.45) is 0 Å². The smallest absolute Gasteiger partial charge is 0.132 e. The summed E-state index contributed by atoms with van der Waals surface area (Å²) in [5, 5.41) is 4.43. The zero-order valence-electron chi connectivity index (χ0n) is 10.9. The Hall–Kier alpha value is -1.36. The molecule has 1 aromatic heterocycles. The molecule has 19 heavy (non-hydrogen) atoms. The number of benzene rings is 1. The lowest BCUT2D eigenvalue weighted by Gasteiger charge is -2.08. The van der Waals surface area contributed by atoms with Crippen LogP contribution in [0.4, 0.5) is 4.39 Å². The molecule has 0 amide bonds. The van der Waals surface area contributed by atoms with Gasteiger partial charge in [0.05, 0.1) is 5.69 Å². The highest BCUT2D eigenvalue weighted by Gasteiger charge is 2.06. The molecule has 0 aliphatic heterocycles. The second-order valence-corrected chi connectivity index (χ2v) is 5.35. The molecule has 102 valence electrons. The Balaban J connectivity index is 2.00. The number of hydrogen-bond acceptors (Lipinski definition) is 2. The molecular weight excluding hydrogens is 311 g/mol. The van der Waals surface area contributed by atoms with E-state index < -0.39 is 0 Å². The van der Waals surface area contributed by atoms with Gasteiger partial charge in [0.1, 0.15) is 18.2 Å². The van der Waals surface area contributed by atoms with Crippen LogP contribution in [0.25, 0.3) is 0 Å². The van der Waals surface area contributed by atoms with Crippen molar-refractivity contribution in [3.8, 4) is 5.75 Å². The third-order valence-electron chi connectivity index (χ3n) is 2.93.